The van der Waals surface area contributed by atoms with Crippen LogP contribution in [0, 0.1) is 10.8 Å². The van der Waals surface area contributed by atoms with E-state index in [2.05, 4.69) is 11.6 Å². The lowest BCUT2D eigenvalue weighted by atomic mass is 9.68. The van der Waals surface area contributed by atoms with Crippen LogP contribution < -0.4 is 0 Å². The number of rotatable bonds is 10. The molecule has 2 fully saturated rings. The summed E-state index contributed by atoms with van der Waals surface area (Å²) in [6.45, 7) is 14.9. The van der Waals surface area contributed by atoms with Crippen molar-refractivity contribution in [2.24, 2.45) is 10.8 Å². The van der Waals surface area contributed by atoms with E-state index in [4.69, 9.17) is 30.2 Å². The number of aliphatic carboxylic acids is 2. The van der Waals surface area contributed by atoms with Crippen molar-refractivity contribution in [2.45, 2.75) is 143 Å². The van der Waals surface area contributed by atoms with Gasteiger partial charge in [0.15, 0.2) is 0 Å². The van der Waals surface area contributed by atoms with Crippen molar-refractivity contribution < 1.29 is 59.2 Å². The molecule has 0 saturated heterocycles. The maximum absolute atomic E-state index is 11.8. The van der Waals surface area contributed by atoms with Crippen LogP contribution in [0.1, 0.15) is 131 Å². The standard InChI is InChI=1S/C16H26O4.C15H24O5.H2O3/c1-12-5-8-16(9-6-12,11-13(17)18)10-7-14(19)20-15(2,3)4;1-14(2,3)20-13(19)6-9-15(10-12(17)18)7-4-11(16)5-8-15;1-3-2/h1,5-11H2,2-4H3,(H,17,18);4-10H2,1-3H3,(H,17,18);1-2H. The summed E-state index contributed by atoms with van der Waals surface area (Å²) in [4.78, 5) is 57.0. The third-order valence-electron chi connectivity index (χ3n) is 7.50. The molecule has 0 atom stereocenters. The van der Waals surface area contributed by atoms with Gasteiger partial charge in [-0.25, -0.2) is 10.5 Å². The molecule has 248 valence electrons. The third kappa shape index (κ3) is 19.1. The van der Waals surface area contributed by atoms with Gasteiger partial charge in [-0.3, -0.25) is 24.0 Å². The molecule has 0 unspecified atom stereocenters. The van der Waals surface area contributed by atoms with Crippen LogP contribution in [0.3, 0.4) is 0 Å². The van der Waals surface area contributed by atoms with Crippen LogP contribution in [0.2, 0.25) is 0 Å². The fourth-order valence-electron chi connectivity index (χ4n) is 5.38. The molecule has 0 aliphatic heterocycles. The van der Waals surface area contributed by atoms with E-state index in [0.29, 0.717) is 38.5 Å². The molecule has 2 rings (SSSR count). The topological polar surface area (TPSA) is 194 Å². The number of hydrogen-bond acceptors (Lipinski definition) is 10. The lowest BCUT2D eigenvalue weighted by Crippen LogP contribution is -2.32. The summed E-state index contributed by atoms with van der Waals surface area (Å²) in [5, 5.41) is 33.7. The number of esters is 2. The molecule has 0 spiro atoms. The number of carboxylic acid groups (broad SMARTS) is 2. The number of ketones is 1. The average Bonchev–Trinajstić information content (AvgIpc) is 2.83. The highest BCUT2D eigenvalue weighted by atomic mass is 17.4. The van der Waals surface area contributed by atoms with E-state index >= 15 is 0 Å². The first-order valence-electron chi connectivity index (χ1n) is 14.7. The summed E-state index contributed by atoms with van der Waals surface area (Å²) >= 11 is 0. The van der Waals surface area contributed by atoms with E-state index in [9.17, 15) is 24.0 Å². The lowest BCUT2D eigenvalue weighted by molar-refractivity contribution is -0.465. The second-order valence-electron chi connectivity index (χ2n) is 13.7. The molecule has 0 aromatic carbocycles. The highest BCUT2D eigenvalue weighted by molar-refractivity contribution is 5.80. The van der Waals surface area contributed by atoms with Gasteiger partial charge in [-0.05, 0) is 104 Å². The van der Waals surface area contributed by atoms with Gasteiger partial charge in [-0.1, -0.05) is 17.2 Å². The van der Waals surface area contributed by atoms with Crippen molar-refractivity contribution in [1.82, 2.24) is 0 Å². The third-order valence-corrected chi connectivity index (χ3v) is 7.50. The molecular formula is C31H52O12. The van der Waals surface area contributed by atoms with Crippen molar-refractivity contribution in [3.05, 3.63) is 12.2 Å². The number of carboxylic acids is 2. The minimum atomic E-state index is -0.872. The molecule has 0 aromatic rings. The maximum Gasteiger partial charge on any atom is 0.306 e. The molecule has 2 aliphatic carbocycles. The first-order chi connectivity index (χ1) is 19.7. The number of ether oxygens (including phenoxy) is 2. The molecule has 0 aromatic heterocycles. The van der Waals surface area contributed by atoms with Crippen LogP contribution in [0.15, 0.2) is 12.2 Å². The normalized spacial score (nSPS) is 17.8. The van der Waals surface area contributed by atoms with Crippen LogP contribution >= 0.6 is 0 Å². The molecule has 43 heavy (non-hydrogen) atoms. The van der Waals surface area contributed by atoms with Crippen LogP contribution in [-0.4, -0.2) is 61.6 Å². The minimum Gasteiger partial charge on any atom is -0.481 e. The highest BCUT2D eigenvalue weighted by Gasteiger charge is 2.38. The first-order valence-corrected chi connectivity index (χ1v) is 14.7. The van der Waals surface area contributed by atoms with Crippen LogP contribution in [0.5, 0.6) is 0 Å². The van der Waals surface area contributed by atoms with Crippen molar-refractivity contribution in [1.29, 1.82) is 0 Å². The van der Waals surface area contributed by atoms with Gasteiger partial charge >= 0.3 is 23.9 Å². The molecule has 2 saturated carbocycles. The fraction of sp³-hybridized carbons (Fsp3) is 0.774. The van der Waals surface area contributed by atoms with Crippen molar-refractivity contribution >= 4 is 29.7 Å². The average molecular weight is 617 g/mol. The van der Waals surface area contributed by atoms with E-state index in [1.165, 1.54) is 5.57 Å². The van der Waals surface area contributed by atoms with Gasteiger partial charge in [0.25, 0.3) is 0 Å². The summed E-state index contributed by atoms with van der Waals surface area (Å²) < 4.78 is 10.5. The van der Waals surface area contributed by atoms with Crippen LogP contribution in [0.25, 0.3) is 0 Å². The number of carbonyl (C=O) groups excluding carboxylic acids is 3. The summed E-state index contributed by atoms with van der Waals surface area (Å²) in [7, 11) is 0. The molecule has 0 amide bonds. The van der Waals surface area contributed by atoms with Crippen molar-refractivity contribution in [3.8, 4) is 0 Å². The molecule has 12 nitrogen and oxygen atoms in total. The fourth-order valence-corrected chi connectivity index (χ4v) is 5.38. The van der Waals surface area contributed by atoms with Crippen LogP contribution in [-0.2, 0) is 38.5 Å². The molecule has 0 heterocycles. The Morgan fingerprint density at radius 2 is 1.00 bits per heavy atom. The lowest BCUT2D eigenvalue weighted by Gasteiger charge is -2.37. The maximum atomic E-state index is 11.8. The zero-order valence-electron chi connectivity index (χ0n) is 26.7. The number of hydrogen-bond donors (Lipinski definition) is 4. The minimum absolute atomic E-state index is 0.0169. The quantitative estimate of drug-likeness (QED) is 0.0919. The zero-order chi connectivity index (χ0) is 33.5. The van der Waals surface area contributed by atoms with E-state index < -0.39 is 28.6 Å². The van der Waals surface area contributed by atoms with Gasteiger partial charge in [0.1, 0.15) is 17.0 Å². The Labute approximate surface area is 254 Å². The summed E-state index contributed by atoms with van der Waals surface area (Å²) in [5.41, 5.74) is -0.541. The predicted octanol–water partition coefficient (Wildman–Crippen LogP) is 6.36. The summed E-state index contributed by atoms with van der Waals surface area (Å²) in [6, 6.07) is 0. The molecule has 2 aliphatic rings. The SMILES string of the molecule is C=C1CCC(CCC(=O)OC(C)(C)C)(CC(=O)O)CC1.CC(C)(C)OC(=O)CCC1(CC(=O)O)CCC(=O)CC1.OOO. The van der Waals surface area contributed by atoms with Gasteiger partial charge in [-0.15, -0.1) is 0 Å². The van der Waals surface area contributed by atoms with Crippen molar-refractivity contribution in [2.75, 3.05) is 0 Å². The number of Topliss-reactive ketones (excluding diaryl/α,β-unsaturated/α-hetero) is 1. The Bertz CT molecular complexity index is 859. The Balaban J connectivity index is 0.000000751. The highest BCUT2D eigenvalue weighted by Crippen LogP contribution is 2.45. The smallest absolute Gasteiger partial charge is 0.306 e. The van der Waals surface area contributed by atoms with Gasteiger partial charge in [-0.2, -0.15) is 0 Å². The largest absolute Gasteiger partial charge is 0.481 e. The second kappa shape index (κ2) is 18.1. The van der Waals surface area contributed by atoms with Crippen molar-refractivity contribution in [3.63, 3.8) is 0 Å². The van der Waals surface area contributed by atoms with Crippen LogP contribution in [0.4, 0.5) is 0 Å². The second-order valence-corrected chi connectivity index (χ2v) is 13.7. The molecule has 0 bridgehead atoms. The molecule has 0 radical (unpaired) electrons. The van der Waals surface area contributed by atoms with E-state index in [0.717, 1.165) is 25.7 Å². The van der Waals surface area contributed by atoms with E-state index in [-0.39, 0.29) is 48.8 Å². The zero-order valence-corrected chi connectivity index (χ0v) is 26.7. The summed E-state index contributed by atoms with van der Waals surface area (Å²) in [5.74, 6) is -2.03. The Hall–Kier alpha value is -2.83. The van der Waals surface area contributed by atoms with Gasteiger partial charge < -0.3 is 19.7 Å². The molecule has 12 heteroatoms. The number of allylic oxidation sites excluding steroid dienone is 1. The summed E-state index contributed by atoms with van der Waals surface area (Å²) in [6.07, 6.45) is 6.99. The predicted molar refractivity (Wildman–Crippen MR) is 157 cm³/mol. The van der Waals surface area contributed by atoms with E-state index in [1.807, 2.05) is 20.8 Å². The van der Waals surface area contributed by atoms with E-state index in [1.54, 1.807) is 20.8 Å². The number of carbonyl (C=O) groups is 5. The first kappa shape index (κ1) is 40.2. The monoisotopic (exact) mass is 616 g/mol. The Morgan fingerprint density at radius 1 is 0.698 bits per heavy atom. The molecule has 4 N–H and O–H groups in total. The Kier molecular flexibility index (Phi) is 16.9. The Morgan fingerprint density at radius 3 is 1.28 bits per heavy atom. The van der Waals surface area contributed by atoms with Gasteiger partial charge in [0.2, 0.25) is 0 Å². The van der Waals surface area contributed by atoms with Gasteiger partial charge in [0.05, 0.1) is 12.8 Å². The van der Waals surface area contributed by atoms with Gasteiger partial charge in [0, 0.05) is 25.7 Å². The molecular weight excluding hydrogens is 564 g/mol.